The van der Waals surface area contributed by atoms with Gasteiger partial charge in [0.25, 0.3) is 5.91 Å². The van der Waals surface area contributed by atoms with Crippen LogP contribution >= 0.6 is 35.0 Å². The first-order chi connectivity index (χ1) is 17.5. The Morgan fingerprint density at radius 3 is 2.42 bits per heavy atom. The van der Waals surface area contributed by atoms with E-state index in [-0.39, 0.29) is 11.7 Å². The number of halogens is 2. The number of methoxy groups -OCH3 is 2. The molecule has 184 valence electrons. The third kappa shape index (κ3) is 5.81. The molecule has 3 aromatic carbocycles. The zero-order valence-electron chi connectivity index (χ0n) is 19.3. The summed E-state index contributed by atoms with van der Waals surface area (Å²) in [5, 5.41) is 14.1. The van der Waals surface area contributed by atoms with Crippen LogP contribution in [0.3, 0.4) is 0 Å². The highest BCUT2D eigenvalue weighted by molar-refractivity contribution is 7.99. The van der Waals surface area contributed by atoms with E-state index >= 15 is 0 Å². The molecular formula is C25H21Cl2N5O3S. The number of hydrogen-bond donors (Lipinski definition) is 1. The Bertz CT molecular complexity index is 1380. The van der Waals surface area contributed by atoms with Crippen molar-refractivity contribution in [2.75, 3.05) is 20.0 Å². The van der Waals surface area contributed by atoms with Crippen LogP contribution in [0.25, 0.3) is 17.1 Å². The predicted molar refractivity (Wildman–Crippen MR) is 143 cm³/mol. The number of nitrogens with one attached hydrogen (secondary N) is 1. The van der Waals surface area contributed by atoms with Crippen LogP contribution in [-0.4, -0.2) is 46.9 Å². The van der Waals surface area contributed by atoms with Crippen molar-refractivity contribution in [2.24, 2.45) is 5.10 Å². The number of para-hydroxylation sites is 1. The fourth-order valence-corrected chi connectivity index (χ4v) is 4.54. The summed E-state index contributed by atoms with van der Waals surface area (Å²) in [6.07, 6.45) is 1.41. The fourth-order valence-electron chi connectivity index (χ4n) is 3.30. The maximum atomic E-state index is 12.5. The molecule has 8 nitrogen and oxygen atoms in total. The number of amides is 1. The van der Waals surface area contributed by atoms with E-state index in [9.17, 15) is 4.79 Å². The Labute approximate surface area is 222 Å². The standard InChI is InChI=1S/C25H21Cl2N5O3S/c1-34-21-12-11-16(13-22(21)35-2)24-30-31-25(32(24)17-7-4-3-5-8-17)36-15-23(33)29-28-14-18-19(26)9-6-10-20(18)27/h3-14H,15H2,1-2H3,(H,29,33). The molecular weight excluding hydrogens is 521 g/mol. The summed E-state index contributed by atoms with van der Waals surface area (Å²) in [6.45, 7) is 0. The lowest BCUT2D eigenvalue weighted by Crippen LogP contribution is -2.20. The molecule has 4 aromatic rings. The zero-order chi connectivity index (χ0) is 25.5. The van der Waals surface area contributed by atoms with Gasteiger partial charge in [-0.05, 0) is 42.5 Å². The predicted octanol–water partition coefficient (Wildman–Crippen LogP) is 5.50. The number of carbonyl (C=O) groups is 1. The molecule has 0 fully saturated rings. The molecule has 0 saturated heterocycles. The van der Waals surface area contributed by atoms with E-state index < -0.39 is 0 Å². The van der Waals surface area contributed by atoms with Crippen molar-refractivity contribution in [3.05, 3.63) is 82.3 Å². The zero-order valence-corrected chi connectivity index (χ0v) is 21.6. The molecule has 36 heavy (non-hydrogen) atoms. The molecule has 0 unspecified atom stereocenters. The number of hydrogen-bond acceptors (Lipinski definition) is 7. The lowest BCUT2D eigenvalue weighted by Gasteiger charge is -2.12. The summed E-state index contributed by atoms with van der Waals surface area (Å²) in [4.78, 5) is 12.5. The molecule has 1 N–H and O–H groups in total. The van der Waals surface area contributed by atoms with Crippen molar-refractivity contribution in [2.45, 2.75) is 5.16 Å². The number of rotatable bonds is 9. The van der Waals surface area contributed by atoms with E-state index in [2.05, 4.69) is 20.7 Å². The maximum Gasteiger partial charge on any atom is 0.250 e. The summed E-state index contributed by atoms with van der Waals surface area (Å²) < 4.78 is 12.7. The van der Waals surface area contributed by atoms with E-state index in [4.69, 9.17) is 32.7 Å². The van der Waals surface area contributed by atoms with Crippen molar-refractivity contribution in [1.29, 1.82) is 0 Å². The van der Waals surface area contributed by atoms with Gasteiger partial charge in [-0.15, -0.1) is 10.2 Å². The van der Waals surface area contributed by atoms with Crippen molar-refractivity contribution in [3.8, 4) is 28.6 Å². The van der Waals surface area contributed by atoms with E-state index in [0.717, 1.165) is 11.3 Å². The van der Waals surface area contributed by atoms with Gasteiger partial charge >= 0.3 is 0 Å². The van der Waals surface area contributed by atoms with Crippen LogP contribution in [-0.2, 0) is 4.79 Å². The molecule has 0 atom stereocenters. The molecule has 1 heterocycles. The van der Waals surface area contributed by atoms with E-state index in [0.29, 0.717) is 38.1 Å². The minimum Gasteiger partial charge on any atom is -0.493 e. The topological polar surface area (TPSA) is 90.6 Å². The van der Waals surface area contributed by atoms with Gasteiger partial charge in [0.15, 0.2) is 22.5 Å². The number of ether oxygens (including phenoxy) is 2. The minimum absolute atomic E-state index is 0.0600. The first-order valence-electron chi connectivity index (χ1n) is 10.6. The smallest absolute Gasteiger partial charge is 0.250 e. The highest BCUT2D eigenvalue weighted by Crippen LogP contribution is 2.34. The largest absolute Gasteiger partial charge is 0.493 e. The van der Waals surface area contributed by atoms with Gasteiger partial charge in [0.1, 0.15) is 0 Å². The van der Waals surface area contributed by atoms with Gasteiger partial charge < -0.3 is 9.47 Å². The highest BCUT2D eigenvalue weighted by Gasteiger charge is 2.18. The second kappa shape index (κ2) is 11.9. The Morgan fingerprint density at radius 2 is 1.72 bits per heavy atom. The molecule has 1 aromatic heterocycles. The van der Waals surface area contributed by atoms with Crippen molar-refractivity contribution < 1.29 is 14.3 Å². The monoisotopic (exact) mass is 541 g/mol. The Morgan fingerprint density at radius 1 is 1.00 bits per heavy atom. The SMILES string of the molecule is COc1ccc(-c2nnc(SCC(=O)NN=Cc3c(Cl)cccc3Cl)n2-c2ccccc2)cc1OC. The lowest BCUT2D eigenvalue weighted by molar-refractivity contribution is -0.118. The van der Waals surface area contributed by atoms with Crippen molar-refractivity contribution in [3.63, 3.8) is 0 Å². The fraction of sp³-hybridized carbons (Fsp3) is 0.120. The van der Waals surface area contributed by atoms with Crippen molar-refractivity contribution in [1.82, 2.24) is 20.2 Å². The van der Waals surface area contributed by atoms with Crippen LogP contribution in [0.2, 0.25) is 10.0 Å². The lowest BCUT2D eigenvalue weighted by atomic mass is 10.2. The van der Waals surface area contributed by atoms with E-state index in [1.54, 1.807) is 32.4 Å². The molecule has 4 rings (SSSR count). The second-order valence-corrected chi connectivity index (χ2v) is 9.02. The number of thioether (sulfide) groups is 1. The van der Waals surface area contributed by atoms with Crippen LogP contribution in [0.4, 0.5) is 0 Å². The molecule has 0 aliphatic heterocycles. The molecule has 0 radical (unpaired) electrons. The van der Waals surface area contributed by atoms with Crippen LogP contribution in [0.1, 0.15) is 5.56 Å². The van der Waals surface area contributed by atoms with E-state index in [1.807, 2.05) is 53.1 Å². The third-order valence-corrected chi connectivity index (χ3v) is 6.59. The molecule has 0 spiro atoms. The van der Waals surface area contributed by atoms with Gasteiger partial charge in [0, 0.05) is 16.8 Å². The Hall–Kier alpha value is -3.53. The summed E-state index contributed by atoms with van der Waals surface area (Å²) >= 11 is 13.5. The number of hydrazone groups is 1. The van der Waals surface area contributed by atoms with Gasteiger partial charge in [-0.3, -0.25) is 9.36 Å². The van der Waals surface area contributed by atoms with Gasteiger partial charge in [-0.25, -0.2) is 5.43 Å². The average molecular weight is 542 g/mol. The molecule has 0 saturated carbocycles. The minimum atomic E-state index is -0.324. The molecule has 0 aliphatic carbocycles. The molecule has 11 heteroatoms. The second-order valence-electron chi connectivity index (χ2n) is 7.26. The number of aromatic nitrogens is 3. The first-order valence-corrected chi connectivity index (χ1v) is 12.4. The Kier molecular flexibility index (Phi) is 8.48. The van der Waals surface area contributed by atoms with E-state index in [1.165, 1.54) is 18.0 Å². The Balaban J connectivity index is 1.55. The quantitative estimate of drug-likeness (QED) is 0.171. The molecule has 1 amide bonds. The molecule has 0 bridgehead atoms. The van der Waals surface area contributed by atoms with Crippen molar-refractivity contribution >= 4 is 47.1 Å². The van der Waals surface area contributed by atoms with Crippen LogP contribution in [0.15, 0.2) is 77.0 Å². The normalized spacial score (nSPS) is 11.0. The summed E-state index contributed by atoms with van der Waals surface area (Å²) in [7, 11) is 3.16. The van der Waals surface area contributed by atoms with Crippen LogP contribution < -0.4 is 14.9 Å². The van der Waals surface area contributed by atoms with Gasteiger partial charge in [-0.1, -0.05) is 59.2 Å². The number of carbonyl (C=O) groups excluding carboxylic acids is 1. The third-order valence-electron chi connectivity index (χ3n) is 5.00. The summed E-state index contributed by atoms with van der Waals surface area (Å²) in [5.74, 6) is 1.51. The number of benzene rings is 3. The van der Waals surface area contributed by atoms with Gasteiger partial charge in [-0.2, -0.15) is 5.10 Å². The van der Waals surface area contributed by atoms with Gasteiger partial charge in [0.05, 0.1) is 36.2 Å². The molecule has 0 aliphatic rings. The average Bonchev–Trinajstić information content (AvgIpc) is 3.33. The first kappa shape index (κ1) is 25.6. The summed E-state index contributed by atoms with van der Waals surface area (Å²) in [6, 6.07) is 20.3. The van der Waals surface area contributed by atoms with Crippen LogP contribution in [0.5, 0.6) is 11.5 Å². The van der Waals surface area contributed by atoms with Crippen LogP contribution in [0, 0.1) is 0 Å². The maximum absolute atomic E-state index is 12.5. The summed E-state index contributed by atoms with van der Waals surface area (Å²) in [5.41, 5.74) is 4.64. The number of nitrogens with zero attached hydrogens (tertiary/aromatic N) is 4. The highest BCUT2D eigenvalue weighted by atomic mass is 35.5. The van der Waals surface area contributed by atoms with Gasteiger partial charge in [0.2, 0.25) is 0 Å².